The smallest absolute Gasteiger partial charge is 0.373 e. The Hall–Kier alpha value is -3.50. The van der Waals surface area contributed by atoms with Gasteiger partial charge in [0.25, 0.3) is 0 Å². The molecule has 0 aliphatic carbocycles. The minimum atomic E-state index is -0.819. The molecule has 0 aliphatic rings. The van der Waals surface area contributed by atoms with Crippen molar-refractivity contribution in [3.63, 3.8) is 0 Å². The third kappa shape index (κ3) is 10.5. The lowest BCUT2D eigenvalue weighted by molar-refractivity contribution is -0.364. The van der Waals surface area contributed by atoms with Gasteiger partial charge >= 0.3 is 18.2 Å². The van der Waals surface area contributed by atoms with Crippen LogP contribution in [0.3, 0.4) is 0 Å². The first-order chi connectivity index (χ1) is 18.4. The zero-order valence-electron chi connectivity index (χ0n) is 22.4. The van der Waals surface area contributed by atoms with Gasteiger partial charge in [-0.05, 0) is 30.7 Å². The van der Waals surface area contributed by atoms with Crippen molar-refractivity contribution in [2.75, 3.05) is 28.4 Å². The first kappa shape index (κ1) is 30.7. The number of ether oxygens (including phenoxy) is 4. The van der Waals surface area contributed by atoms with Crippen molar-refractivity contribution in [1.29, 1.82) is 0 Å². The lowest BCUT2D eigenvalue weighted by atomic mass is 10.1. The highest BCUT2D eigenvalue weighted by Crippen LogP contribution is 2.26. The Bertz CT molecular complexity index is 891. The summed E-state index contributed by atoms with van der Waals surface area (Å²) in [6.45, 7) is 3.85. The van der Waals surface area contributed by atoms with E-state index in [1.165, 1.54) is 52.7 Å². The molecule has 2 aromatic rings. The van der Waals surface area contributed by atoms with Crippen molar-refractivity contribution in [2.45, 2.75) is 51.4 Å². The Kier molecular flexibility index (Phi) is 13.8. The highest BCUT2D eigenvalue weighted by atomic mass is 17.3. The van der Waals surface area contributed by atoms with E-state index in [0.717, 1.165) is 38.5 Å². The molecule has 10 heteroatoms. The Morgan fingerprint density at radius 1 is 0.553 bits per heavy atom. The second kappa shape index (κ2) is 17.1. The molecule has 0 spiro atoms. The summed E-state index contributed by atoms with van der Waals surface area (Å²) >= 11 is 0. The summed E-state index contributed by atoms with van der Waals surface area (Å²) in [5.74, 6) is -0.0336. The van der Waals surface area contributed by atoms with Gasteiger partial charge in [-0.3, -0.25) is 9.78 Å². The van der Waals surface area contributed by atoms with Crippen LogP contribution in [0.15, 0.2) is 36.4 Å². The molecule has 0 aliphatic heterocycles. The molecular weight excluding hydrogens is 496 g/mol. The molecule has 0 aromatic heterocycles. The van der Waals surface area contributed by atoms with Crippen LogP contribution in [-0.4, -0.2) is 40.4 Å². The Morgan fingerprint density at radius 2 is 0.921 bits per heavy atom. The van der Waals surface area contributed by atoms with E-state index in [2.05, 4.69) is 6.92 Å². The van der Waals surface area contributed by atoms with Gasteiger partial charge in [0.1, 0.15) is 23.0 Å². The van der Waals surface area contributed by atoms with Gasteiger partial charge in [-0.25, -0.2) is 9.59 Å². The molecule has 0 saturated heterocycles. The highest BCUT2D eigenvalue weighted by molar-refractivity contribution is 5.90. The molecule has 0 atom stereocenters. The summed E-state index contributed by atoms with van der Waals surface area (Å²) in [7, 11) is 5.86. The van der Waals surface area contributed by atoms with Gasteiger partial charge in [0, 0.05) is 18.6 Å². The summed E-state index contributed by atoms with van der Waals surface area (Å²) in [6, 6.07) is 9.10. The van der Waals surface area contributed by atoms with Gasteiger partial charge in [-0.1, -0.05) is 45.4 Å². The Balaban J connectivity index is 2.01. The van der Waals surface area contributed by atoms with Crippen LogP contribution in [0.5, 0.6) is 23.0 Å². The van der Waals surface area contributed by atoms with Crippen molar-refractivity contribution >= 4 is 11.9 Å². The van der Waals surface area contributed by atoms with Crippen LogP contribution < -0.4 is 18.9 Å². The minimum absolute atomic E-state index is 0.131. The maximum absolute atomic E-state index is 12.6. The topological polar surface area (TPSA) is 108 Å². The number of hydrogen-bond donors (Lipinski definition) is 0. The summed E-state index contributed by atoms with van der Waals surface area (Å²) in [5, 5.41) is 0. The van der Waals surface area contributed by atoms with E-state index < -0.39 is 11.9 Å². The zero-order valence-corrected chi connectivity index (χ0v) is 22.4. The molecule has 2 aromatic carbocycles. The largest absolute Gasteiger partial charge is 0.497 e. The number of hydrogen-bond acceptors (Lipinski definition) is 10. The lowest BCUT2D eigenvalue weighted by Gasteiger charge is -2.14. The summed E-state index contributed by atoms with van der Waals surface area (Å²) in [5.41, 5.74) is 0.262. The average Bonchev–Trinajstić information content (AvgIpc) is 2.96. The highest BCUT2D eigenvalue weighted by Gasteiger charge is 2.23. The molecule has 0 unspecified atom stereocenters. The van der Waals surface area contributed by atoms with Gasteiger partial charge in [0.2, 0.25) is 0 Å². The molecule has 0 heterocycles. The molecule has 0 N–H and O–H groups in total. The lowest BCUT2D eigenvalue weighted by Crippen LogP contribution is -2.16. The fourth-order valence-electron chi connectivity index (χ4n) is 3.37. The third-order valence-corrected chi connectivity index (χ3v) is 5.48. The van der Waals surface area contributed by atoms with E-state index in [1.807, 2.05) is 0 Å². The van der Waals surface area contributed by atoms with Crippen molar-refractivity contribution in [1.82, 2.24) is 0 Å². The number of benzene rings is 2. The van der Waals surface area contributed by atoms with E-state index in [4.69, 9.17) is 38.5 Å². The van der Waals surface area contributed by atoms with Gasteiger partial charge in [0.05, 0.1) is 39.6 Å². The quantitative estimate of drug-likeness (QED) is 0.128. The predicted octanol–water partition coefficient (Wildman–Crippen LogP) is 6.04. The molecular formula is C28H36O10. The molecule has 2 radical (unpaired) electrons. The zero-order chi connectivity index (χ0) is 27.8. The molecule has 38 heavy (non-hydrogen) atoms. The normalized spacial score (nSPS) is 10.7. The van der Waals surface area contributed by atoms with Crippen LogP contribution in [0.4, 0.5) is 0 Å². The fourth-order valence-corrected chi connectivity index (χ4v) is 3.37. The summed E-state index contributed by atoms with van der Waals surface area (Å²) in [4.78, 5) is 45.4. The molecule has 0 fully saturated rings. The first-order valence-corrected chi connectivity index (χ1v) is 12.3. The number of rotatable bonds is 18. The maximum Gasteiger partial charge on any atom is 0.373 e. The van der Waals surface area contributed by atoms with E-state index in [-0.39, 0.29) is 23.8 Å². The van der Waals surface area contributed by atoms with Crippen LogP contribution in [0.25, 0.3) is 0 Å². The molecule has 2 rings (SSSR count). The number of carbonyl (C=O) groups is 2. The first-order valence-electron chi connectivity index (χ1n) is 12.3. The van der Waals surface area contributed by atoms with E-state index >= 15 is 0 Å². The maximum atomic E-state index is 12.6. The molecule has 0 saturated carbocycles. The number of methoxy groups -OCH3 is 4. The van der Waals surface area contributed by atoms with Crippen LogP contribution in [-0.2, 0) is 19.6 Å². The van der Waals surface area contributed by atoms with Crippen molar-refractivity contribution < 1.29 is 48.1 Å². The molecule has 0 bridgehead atoms. The second-order valence-corrected chi connectivity index (χ2v) is 8.21. The van der Waals surface area contributed by atoms with E-state index in [0.29, 0.717) is 29.4 Å². The van der Waals surface area contributed by atoms with Crippen LogP contribution in [0, 0.1) is 13.2 Å². The van der Waals surface area contributed by atoms with Gasteiger partial charge < -0.3 is 18.9 Å². The van der Waals surface area contributed by atoms with Crippen molar-refractivity contribution in [2.24, 2.45) is 0 Å². The molecule has 208 valence electrons. The van der Waals surface area contributed by atoms with Gasteiger partial charge in [-0.2, -0.15) is 0 Å². The Labute approximate surface area is 223 Å². The fraction of sp³-hybridized carbons (Fsp3) is 0.429. The summed E-state index contributed by atoms with van der Waals surface area (Å²) < 4.78 is 20.7. The van der Waals surface area contributed by atoms with Crippen LogP contribution >= 0.6 is 0 Å². The second-order valence-electron chi connectivity index (χ2n) is 8.21. The standard InChI is InChI=1S/C28H36O10/c1-6-7-8-9-10-11-12-13-26(35-37-27(29)20-14-22(31-2)18-23(15-20)32-3)36-38-28(30)21-16-24(33-4)19-25(17-21)34-5/h14-19H,1,6-13H2,2-5H3. The predicted molar refractivity (Wildman–Crippen MR) is 138 cm³/mol. The van der Waals surface area contributed by atoms with Gasteiger partial charge in [-0.15, -0.1) is 9.78 Å². The SMILES string of the molecule is [CH2]CCCCCCCC[C](OOC(=O)c1cc(OC)cc(OC)c1)OOC(=O)c1cc(OC)cc(OC)c1. The number of unbranched alkanes of at least 4 members (excludes halogenated alkanes) is 6. The molecule has 10 nitrogen and oxygen atoms in total. The minimum Gasteiger partial charge on any atom is -0.497 e. The van der Waals surface area contributed by atoms with Gasteiger partial charge in [0.15, 0.2) is 0 Å². The van der Waals surface area contributed by atoms with Crippen LogP contribution in [0.1, 0.15) is 72.1 Å². The molecule has 0 amide bonds. The van der Waals surface area contributed by atoms with E-state index in [1.54, 1.807) is 12.1 Å². The van der Waals surface area contributed by atoms with Crippen molar-refractivity contribution in [3.05, 3.63) is 60.7 Å². The summed E-state index contributed by atoms with van der Waals surface area (Å²) in [6.07, 6.45) is 6.84. The third-order valence-electron chi connectivity index (χ3n) is 5.48. The number of carbonyl (C=O) groups excluding carboxylic acids is 2. The Morgan fingerprint density at radius 3 is 1.29 bits per heavy atom. The van der Waals surface area contributed by atoms with E-state index in [9.17, 15) is 9.59 Å². The monoisotopic (exact) mass is 532 g/mol. The van der Waals surface area contributed by atoms with Crippen LogP contribution in [0.2, 0.25) is 0 Å². The van der Waals surface area contributed by atoms with Crippen molar-refractivity contribution in [3.8, 4) is 23.0 Å². The average molecular weight is 533 g/mol.